The van der Waals surface area contributed by atoms with Gasteiger partial charge in [0.15, 0.2) is 0 Å². The first-order chi connectivity index (χ1) is 5.84. The molecule has 0 aliphatic carbocycles. The number of aromatic nitrogens is 1. The molecule has 1 aliphatic rings. The number of ether oxygens (including phenoxy) is 1. The van der Waals surface area contributed by atoms with E-state index in [1.54, 1.807) is 11.3 Å². The third kappa shape index (κ3) is 1.83. The molecule has 2 rings (SSSR count). The summed E-state index contributed by atoms with van der Waals surface area (Å²) >= 11 is 1.70. The van der Waals surface area contributed by atoms with E-state index in [9.17, 15) is 0 Å². The molecule has 12 heavy (non-hydrogen) atoms. The molecule has 1 aliphatic heterocycles. The second kappa shape index (κ2) is 3.51. The third-order valence-electron chi connectivity index (χ3n) is 1.88. The summed E-state index contributed by atoms with van der Waals surface area (Å²) in [5.41, 5.74) is 1.14. The average Bonchev–Trinajstić information content (AvgIpc) is 2.32. The lowest BCUT2D eigenvalue weighted by atomic mass is 10.2. The van der Waals surface area contributed by atoms with E-state index in [0.29, 0.717) is 6.04 Å². The Morgan fingerprint density at radius 2 is 2.58 bits per heavy atom. The molecule has 66 valence electrons. The van der Waals surface area contributed by atoms with Crippen molar-refractivity contribution in [2.45, 2.75) is 19.5 Å². The Hall–Kier alpha value is -0.450. The van der Waals surface area contributed by atoms with Crippen LogP contribution in [0.15, 0.2) is 5.38 Å². The Morgan fingerprint density at radius 3 is 3.08 bits per heavy atom. The second-order valence-corrected chi connectivity index (χ2v) is 4.04. The Kier molecular flexibility index (Phi) is 2.39. The quantitative estimate of drug-likeness (QED) is 0.759. The van der Waals surface area contributed by atoms with Gasteiger partial charge >= 0.3 is 0 Å². The van der Waals surface area contributed by atoms with E-state index >= 15 is 0 Å². The number of hydrogen-bond acceptors (Lipinski definition) is 4. The fraction of sp³-hybridized carbons (Fsp3) is 0.625. The van der Waals surface area contributed by atoms with Crippen molar-refractivity contribution in [3.05, 3.63) is 16.1 Å². The fourth-order valence-corrected chi connectivity index (χ4v) is 1.70. The third-order valence-corrected chi connectivity index (χ3v) is 2.70. The van der Waals surface area contributed by atoms with E-state index in [2.05, 4.69) is 15.7 Å². The van der Waals surface area contributed by atoms with Gasteiger partial charge < -0.3 is 10.1 Å². The van der Waals surface area contributed by atoms with Gasteiger partial charge in [-0.2, -0.15) is 0 Å². The number of nitrogens with one attached hydrogen (secondary N) is 1. The summed E-state index contributed by atoms with van der Waals surface area (Å²) in [4.78, 5) is 4.36. The molecule has 0 amide bonds. The van der Waals surface area contributed by atoms with Crippen LogP contribution in [0.3, 0.4) is 0 Å². The van der Waals surface area contributed by atoms with Crippen LogP contribution in [0.1, 0.15) is 10.7 Å². The highest BCUT2D eigenvalue weighted by Gasteiger charge is 2.17. The van der Waals surface area contributed by atoms with Crippen molar-refractivity contribution in [1.82, 2.24) is 10.3 Å². The van der Waals surface area contributed by atoms with Crippen molar-refractivity contribution in [3.63, 3.8) is 0 Å². The maximum atomic E-state index is 5.05. The molecule has 0 unspecified atom stereocenters. The van der Waals surface area contributed by atoms with Gasteiger partial charge in [0.25, 0.3) is 0 Å². The highest BCUT2D eigenvalue weighted by molar-refractivity contribution is 7.09. The zero-order chi connectivity index (χ0) is 8.39. The lowest BCUT2D eigenvalue weighted by Gasteiger charge is -2.26. The molecule has 2 heterocycles. The van der Waals surface area contributed by atoms with Gasteiger partial charge in [-0.15, -0.1) is 11.3 Å². The van der Waals surface area contributed by atoms with Gasteiger partial charge in [0.1, 0.15) is 0 Å². The molecular weight excluding hydrogens is 172 g/mol. The normalized spacial score (nSPS) is 17.8. The molecule has 0 saturated carbocycles. The first kappa shape index (κ1) is 8.16. The highest BCUT2D eigenvalue weighted by Crippen LogP contribution is 2.08. The summed E-state index contributed by atoms with van der Waals surface area (Å²) < 4.78 is 5.05. The van der Waals surface area contributed by atoms with Gasteiger partial charge in [0.2, 0.25) is 0 Å². The summed E-state index contributed by atoms with van der Waals surface area (Å²) in [6.07, 6.45) is 0. The van der Waals surface area contributed by atoms with Crippen LogP contribution in [-0.4, -0.2) is 24.2 Å². The van der Waals surface area contributed by atoms with Crippen LogP contribution in [0.25, 0.3) is 0 Å². The molecule has 1 N–H and O–H groups in total. The minimum absolute atomic E-state index is 0.548. The summed E-state index contributed by atoms with van der Waals surface area (Å²) in [6, 6.07) is 0.548. The van der Waals surface area contributed by atoms with E-state index in [1.165, 1.54) is 0 Å². The largest absolute Gasteiger partial charge is 0.378 e. The van der Waals surface area contributed by atoms with E-state index < -0.39 is 0 Å². The van der Waals surface area contributed by atoms with Gasteiger partial charge in [0.05, 0.1) is 30.0 Å². The van der Waals surface area contributed by atoms with Crippen molar-refractivity contribution >= 4 is 11.3 Å². The van der Waals surface area contributed by atoms with Gasteiger partial charge in [-0.25, -0.2) is 4.98 Å². The van der Waals surface area contributed by atoms with Crippen molar-refractivity contribution in [1.29, 1.82) is 0 Å². The number of nitrogens with zero attached hydrogens (tertiary/aromatic N) is 1. The molecule has 1 saturated heterocycles. The topological polar surface area (TPSA) is 34.2 Å². The van der Waals surface area contributed by atoms with Gasteiger partial charge in [-0.1, -0.05) is 0 Å². The van der Waals surface area contributed by atoms with Crippen molar-refractivity contribution < 1.29 is 4.74 Å². The van der Waals surface area contributed by atoms with Crippen molar-refractivity contribution in [2.24, 2.45) is 0 Å². The van der Waals surface area contributed by atoms with Crippen LogP contribution >= 0.6 is 11.3 Å². The van der Waals surface area contributed by atoms with E-state index in [4.69, 9.17) is 4.74 Å². The number of thiazole rings is 1. The number of hydrogen-bond donors (Lipinski definition) is 1. The zero-order valence-electron chi connectivity index (χ0n) is 7.04. The number of aryl methyl sites for hydroxylation is 1. The van der Waals surface area contributed by atoms with Crippen LogP contribution in [0.4, 0.5) is 0 Å². The second-order valence-electron chi connectivity index (χ2n) is 2.97. The van der Waals surface area contributed by atoms with Crippen LogP contribution in [0.5, 0.6) is 0 Å². The fourth-order valence-electron chi connectivity index (χ4n) is 1.09. The van der Waals surface area contributed by atoms with Gasteiger partial charge in [-0.3, -0.25) is 0 Å². The van der Waals surface area contributed by atoms with Crippen LogP contribution < -0.4 is 5.32 Å². The smallest absolute Gasteiger partial charge is 0.0897 e. The van der Waals surface area contributed by atoms with Crippen LogP contribution in [0, 0.1) is 6.92 Å². The maximum absolute atomic E-state index is 5.05. The standard InChI is InChI=1S/C8H12N2OS/c1-6-10-7(5-12-6)2-9-8-3-11-4-8/h5,8-9H,2-4H2,1H3. The predicted octanol–water partition coefficient (Wildman–Crippen LogP) is 0.940. The summed E-state index contributed by atoms with van der Waals surface area (Å²) in [5.74, 6) is 0. The zero-order valence-corrected chi connectivity index (χ0v) is 7.86. The van der Waals surface area contributed by atoms with Crippen molar-refractivity contribution in [3.8, 4) is 0 Å². The van der Waals surface area contributed by atoms with Crippen LogP contribution in [0.2, 0.25) is 0 Å². The predicted molar refractivity (Wildman–Crippen MR) is 48.3 cm³/mol. The SMILES string of the molecule is Cc1nc(CNC2COC2)cs1. The van der Waals surface area contributed by atoms with Crippen LogP contribution in [-0.2, 0) is 11.3 Å². The first-order valence-corrected chi connectivity index (χ1v) is 4.94. The molecule has 0 aromatic carbocycles. The lowest BCUT2D eigenvalue weighted by Crippen LogP contribution is -2.45. The molecule has 1 fully saturated rings. The first-order valence-electron chi connectivity index (χ1n) is 4.07. The summed E-state index contributed by atoms with van der Waals surface area (Å²) in [7, 11) is 0. The van der Waals surface area contributed by atoms with Crippen molar-refractivity contribution in [2.75, 3.05) is 13.2 Å². The minimum Gasteiger partial charge on any atom is -0.378 e. The summed E-state index contributed by atoms with van der Waals surface area (Å²) in [6.45, 7) is 4.60. The van der Waals surface area contributed by atoms with Gasteiger partial charge in [-0.05, 0) is 6.92 Å². The Balaban J connectivity index is 1.79. The maximum Gasteiger partial charge on any atom is 0.0897 e. The minimum atomic E-state index is 0.548. The monoisotopic (exact) mass is 184 g/mol. The molecule has 0 radical (unpaired) electrons. The Labute approximate surface area is 75.8 Å². The van der Waals surface area contributed by atoms with E-state index in [-0.39, 0.29) is 0 Å². The van der Waals surface area contributed by atoms with E-state index in [1.807, 2.05) is 6.92 Å². The molecule has 3 nitrogen and oxygen atoms in total. The van der Waals surface area contributed by atoms with E-state index in [0.717, 1.165) is 30.5 Å². The summed E-state index contributed by atoms with van der Waals surface area (Å²) in [5, 5.41) is 6.60. The number of rotatable bonds is 3. The average molecular weight is 184 g/mol. The molecule has 1 aromatic rings. The Bertz CT molecular complexity index is 257. The molecule has 4 heteroatoms. The van der Waals surface area contributed by atoms with Gasteiger partial charge in [0, 0.05) is 11.9 Å². The molecule has 0 spiro atoms. The lowest BCUT2D eigenvalue weighted by molar-refractivity contribution is -0.00589. The molecule has 0 bridgehead atoms. The highest BCUT2D eigenvalue weighted by atomic mass is 32.1. The Morgan fingerprint density at radius 1 is 1.75 bits per heavy atom. The molecule has 1 aromatic heterocycles. The molecule has 0 atom stereocenters. The molecular formula is C8H12N2OS.